The van der Waals surface area contributed by atoms with Gasteiger partial charge < -0.3 is 5.11 Å². The second kappa shape index (κ2) is 5.86. The van der Waals surface area contributed by atoms with Crippen LogP contribution in [-0.2, 0) is 0 Å². The van der Waals surface area contributed by atoms with Crippen molar-refractivity contribution in [1.82, 2.24) is 4.90 Å². The monoisotopic (exact) mass is 277 g/mol. The summed E-state index contributed by atoms with van der Waals surface area (Å²) < 4.78 is 0. The molecule has 2 aliphatic rings. The van der Waals surface area contributed by atoms with Gasteiger partial charge in [0.15, 0.2) is 0 Å². The Balaban J connectivity index is 1.49. The van der Waals surface area contributed by atoms with Gasteiger partial charge in [0.05, 0.1) is 6.10 Å². The SMILES string of the molecule is Cc1ccc(SCCN2C3CCC2CC(O)C3)cc1. The van der Waals surface area contributed by atoms with Gasteiger partial charge in [-0.2, -0.15) is 0 Å². The second-order valence-corrected chi connectivity index (χ2v) is 7.08. The van der Waals surface area contributed by atoms with Crippen LogP contribution in [0.3, 0.4) is 0 Å². The number of hydrogen-bond acceptors (Lipinski definition) is 3. The summed E-state index contributed by atoms with van der Waals surface area (Å²) in [6.45, 7) is 3.30. The summed E-state index contributed by atoms with van der Waals surface area (Å²) in [5, 5.41) is 9.81. The summed E-state index contributed by atoms with van der Waals surface area (Å²) in [6, 6.07) is 10.1. The van der Waals surface area contributed by atoms with E-state index in [9.17, 15) is 5.11 Å². The van der Waals surface area contributed by atoms with Gasteiger partial charge in [0.1, 0.15) is 0 Å². The molecular formula is C16H23NOS. The van der Waals surface area contributed by atoms with E-state index in [0.717, 1.165) is 18.6 Å². The summed E-state index contributed by atoms with van der Waals surface area (Å²) in [6.07, 6.45) is 4.52. The van der Waals surface area contributed by atoms with E-state index in [0.29, 0.717) is 12.1 Å². The second-order valence-electron chi connectivity index (χ2n) is 5.91. The van der Waals surface area contributed by atoms with E-state index in [1.165, 1.54) is 29.8 Å². The molecule has 1 N–H and O–H groups in total. The summed E-state index contributed by atoms with van der Waals surface area (Å²) in [5.74, 6) is 1.16. The van der Waals surface area contributed by atoms with Gasteiger partial charge in [-0.25, -0.2) is 0 Å². The smallest absolute Gasteiger partial charge is 0.0570 e. The van der Waals surface area contributed by atoms with Crippen molar-refractivity contribution in [1.29, 1.82) is 0 Å². The van der Waals surface area contributed by atoms with Gasteiger partial charge in [0.25, 0.3) is 0 Å². The van der Waals surface area contributed by atoms with Crippen LogP contribution in [0.25, 0.3) is 0 Å². The molecule has 0 aliphatic carbocycles. The zero-order valence-electron chi connectivity index (χ0n) is 11.6. The maximum absolute atomic E-state index is 9.81. The van der Waals surface area contributed by atoms with Crippen LogP contribution in [0.2, 0.25) is 0 Å². The molecule has 2 heterocycles. The van der Waals surface area contributed by atoms with E-state index in [-0.39, 0.29) is 6.10 Å². The molecule has 1 aromatic rings. The number of nitrogens with zero attached hydrogens (tertiary/aromatic N) is 1. The number of aryl methyl sites for hydroxylation is 1. The number of piperidine rings is 1. The van der Waals surface area contributed by atoms with Crippen molar-refractivity contribution in [3.63, 3.8) is 0 Å². The van der Waals surface area contributed by atoms with E-state index >= 15 is 0 Å². The topological polar surface area (TPSA) is 23.5 Å². The van der Waals surface area contributed by atoms with Crippen LogP contribution in [0.1, 0.15) is 31.2 Å². The van der Waals surface area contributed by atoms with Gasteiger partial charge in [0.2, 0.25) is 0 Å². The van der Waals surface area contributed by atoms with Gasteiger partial charge in [-0.05, 0) is 44.7 Å². The standard InChI is InChI=1S/C16H23NOS/c1-12-2-6-16(7-3-12)19-9-8-17-13-4-5-14(17)11-15(18)10-13/h2-3,6-7,13-15,18H,4-5,8-11H2,1H3. The molecule has 2 saturated heterocycles. The molecule has 1 aromatic carbocycles. The van der Waals surface area contributed by atoms with E-state index in [4.69, 9.17) is 0 Å². The van der Waals surface area contributed by atoms with Crippen LogP contribution < -0.4 is 0 Å². The fraction of sp³-hybridized carbons (Fsp3) is 0.625. The van der Waals surface area contributed by atoms with Gasteiger partial charge in [-0.15, -0.1) is 11.8 Å². The van der Waals surface area contributed by atoms with Crippen molar-refractivity contribution >= 4 is 11.8 Å². The van der Waals surface area contributed by atoms with Crippen LogP contribution in [0.15, 0.2) is 29.2 Å². The Morgan fingerprint density at radius 1 is 1.16 bits per heavy atom. The molecular weight excluding hydrogens is 254 g/mol. The van der Waals surface area contributed by atoms with E-state index in [1.54, 1.807) is 0 Å². The average molecular weight is 277 g/mol. The van der Waals surface area contributed by atoms with Crippen molar-refractivity contribution in [2.24, 2.45) is 0 Å². The minimum absolute atomic E-state index is 0.0431. The quantitative estimate of drug-likeness (QED) is 0.856. The normalized spacial score (nSPS) is 30.7. The molecule has 0 saturated carbocycles. The lowest BCUT2D eigenvalue weighted by Crippen LogP contribution is -2.45. The van der Waals surface area contributed by atoms with Gasteiger partial charge in [-0.3, -0.25) is 4.90 Å². The summed E-state index contributed by atoms with van der Waals surface area (Å²) in [5.41, 5.74) is 1.33. The largest absolute Gasteiger partial charge is 0.393 e. The van der Waals surface area contributed by atoms with Crippen molar-refractivity contribution in [3.05, 3.63) is 29.8 Å². The van der Waals surface area contributed by atoms with Crippen LogP contribution in [0.5, 0.6) is 0 Å². The Kier molecular flexibility index (Phi) is 4.15. The third-order valence-electron chi connectivity index (χ3n) is 4.50. The third kappa shape index (κ3) is 3.15. The van der Waals surface area contributed by atoms with Crippen molar-refractivity contribution in [2.75, 3.05) is 12.3 Å². The van der Waals surface area contributed by atoms with Crippen molar-refractivity contribution in [2.45, 2.75) is 55.7 Å². The molecule has 19 heavy (non-hydrogen) atoms. The maximum atomic E-state index is 9.81. The fourth-order valence-electron chi connectivity index (χ4n) is 3.51. The first-order valence-corrected chi connectivity index (χ1v) is 8.34. The molecule has 2 atom stereocenters. The molecule has 0 aromatic heterocycles. The average Bonchev–Trinajstić information content (AvgIpc) is 2.64. The van der Waals surface area contributed by atoms with Gasteiger partial charge in [0, 0.05) is 29.3 Å². The number of thioether (sulfide) groups is 1. The number of benzene rings is 1. The molecule has 3 rings (SSSR count). The molecule has 0 radical (unpaired) electrons. The van der Waals surface area contributed by atoms with Crippen LogP contribution in [-0.4, -0.2) is 40.5 Å². The Hall–Kier alpha value is -0.510. The Morgan fingerprint density at radius 3 is 2.42 bits per heavy atom. The summed E-state index contributed by atoms with van der Waals surface area (Å²) >= 11 is 1.95. The maximum Gasteiger partial charge on any atom is 0.0570 e. The number of rotatable bonds is 4. The molecule has 2 aliphatic heterocycles. The predicted octanol–water partition coefficient (Wildman–Crippen LogP) is 3.07. The highest BCUT2D eigenvalue weighted by molar-refractivity contribution is 7.99. The fourth-order valence-corrected chi connectivity index (χ4v) is 4.38. The Bertz CT molecular complexity index is 405. The number of aliphatic hydroxyl groups excluding tert-OH is 1. The minimum Gasteiger partial charge on any atom is -0.393 e. The number of fused-ring (bicyclic) bond motifs is 2. The van der Waals surface area contributed by atoms with E-state index in [2.05, 4.69) is 36.1 Å². The molecule has 3 heteroatoms. The zero-order chi connectivity index (χ0) is 13.2. The number of hydrogen-bond donors (Lipinski definition) is 1. The lowest BCUT2D eigenvalue weighted by Gasteiger charge is -2.37. The lowest BCUT2D eigenvalue weighted by atomic mass is 10.0. The van der Waals surface area contributed by atoms with Crippen molar-refractivity contribution < 1.29 is 5.11 Å². The summed E-state index contributed by atoms with van der Waals surface area (Å²) in [7, 11) is 0. The molecule has 0 amide bonds. The highest BCUT2D eigenvalue weighted by Gasteiger charge is 2.39. The van der Waals surface area contributed by atoms with E-state index in [1.807, 2.05) is 11.8 Å². The third-order valence-corrected chi connectivity index (χ3v) is 5.49. The lowest BCUT2D eigenvalue weighted by molar-refractivity contribution is 0.0393. The zero-order valence-corrected chi connectivity index (χ0v) is 12.4. The molecule has 2 bridgehead atoms. The van der Waals surface area contributed by atoms with Crippen LogP contribution in [0, 0.1) is 6.92 Å². The van der Waals surface area contributed by atoms with Crippen molar-refractivity contribution in [3.8, 4) is 0 Å². The minimum atomic E-state index is -0.0431. The first-order valence-electron chi connectivity index (χ1n) is 7.35. The molecule has 2 unspecified atom stereocenters. The molecule has 2 fully saturated rings. The first kappa shape index (κ1) is 13.5. The highest BCUT2D eigenvalue weighted by Crippen LogP contribution is 2.35. The van der Waals surface area contributed by atoms with Gasteiger partial charge >= 0.3 is 0 Å². The molecule has 104 valence electrons. The molecule has 0 spiro atoms. The number of aliphatic hydroxyl groups is 1. The van der Waals surface area contributed by atoms with Crippen LogP contribution >= 0.6 is 11.8 Å². The Labute approximate surface area is 120 Å². The summed E-state index contributed by atoms with van der Waals surface area (Å²) in [4.78, 5) is 4.02. The predicted molar refractivity (Wildman–Crippen MR) is 80.7 cm³/mol. The van der Waals surface area contributed by atoms with Crippen LogP contribution in [0.4, 0.5) is 0 Å². The Morgan fingerprint density at radius 2 is 1.79 bits per heavy atom. The van der Waals surface area contributed by atoms with Gasteiger partial charge in [-0.1, -0.05) is 17.7 Å². The first-order chi connectivity index (χ1) is 9.22. The molecule has 2 nitrogen and oxygen atoms in total. The van der Waals surface area contributed by atoms with E-state index < -0.39 is 0 Å². The highest BCUT2D eigenvalue weighted by atomic mass is 32.2.